The molecule has 19 heavy (non-hydrogen) atoms. The molecule has 0 amide bonds. The zero-order valence-electron chi connectivity index (χ0n) is 10.7. The van der Waals surface area contributed by atoms with Gasteiger partial charge in [0.15, 0.2) is 6.10 Å². The van der Waals surface area contributed by atoms with Crippen LogP contribution in [0, 0.1) is 13.8 Å². The van der Waals surface area contributed by atoms with Crippen molar-refractivity contribution in [2.24, 2.45) is 0 Å². The van der Waals surface area contributed by atoms with Crippen LogP contribution >= 0.6 is 0 Å². The maximum absolute atomic E-state index is 12.4. The fourth-order valence-electron chi connectivity index (χ4n) is 1.99. The van der Waals surface area contributed by atoms with Gasteiger partial charge in [-0.15, -0.1) is 0 Å². The van der Waals surface area contributed by atoms with Gasteiger partial charge in [0, 0.05) is 11.8 Å². The second-order valence-corrected chi connectivity index (χ2v) is 4.58. The first-order chi connectivity index (χ1) is 8.84. The largest absolute Gasteiger partial charge is 0.472 e. The summed E-state index contributed by atoms with van der Waals surface area (Å²) in [6.07, 6.45) is -6.16. The number of rotatable bonds is 2. The van der Waals surface area contributed by atoms with Gasteiger partial charge in [0.2, 0.25) is 5.88 Å². The van der Waals surface area contributed by atoms with Crippen LogP contribution in [0.4, 0.5) is 13.2 Å². The molecule has 0 aromatic carbocycles. The molecule has 0 saturated carbocycles. The molecule has 1 fully saturated rings. The number of nitrogens with zero attached hydrogens (tertiary/aromatic N) is 2. The molecule has 1 aromatic heterocycles. The van der Waals surface area contributed by atoms with Gasteiger partial charge in [0.25, 0.3) is 0 Å². The van der Waals surface area contributed by atoms with Crippen LogP contribution in [-0.4, -0.2) is 35.0 Å². The number of alkyl halides is 3. The summed E-state index contributed by atoms with van der Waals surface area (Å²) in [4.78, 5) is 8.19. The SMILES string of the molecule is Cc1cc(O[C@@H]2CC[C@H](C(F)(F)F)OC2)nc(C)n1. The first-order valence-electron chi connectivity index (χ1n) is 6.02. The molecule has 7 heteroatoms. The van der Waals surface area contributed by atoms with Crippen LogP contribution in [0.2, 0.25) is 0 Å². The van der Waals surface area contributed by atoms with Crippen LogP contribution in [0.3, 0.4) is 0 Å². The van der Waals surface area contributed by atoms with Crippen molar-refractivity contribution in [2.45, 2.75) is 45.1 Å². The standard InChI is InChI=1S/C12H15F3N2O2/c1-7-5-11(17-8(2)16-7)19-9-3-4-10(18-6-9)12(13,14)15/h5,9-10H,3-4,6H2,1-2H3/t9-,10-/m1/s1. The lowest BCUT2D eigenvalue weighted by molar-refractivity contribution is -0.238. The van der Waals surface area contributed by atoms with Crippen molar-refractivity contribution < 1.29 is 22.6 Å². The molecule has 0 aliphatic carbocycles. The highest BCUT2D eigenvalue weighted by atomic mass is 19.4. The highest BCUT2D eigenvalue weighted by Gasteiger charge is 2.43. The summed E-state index contributed by atoms with van der Waals surface area (Å²) < 4.78 is 47.6. The molecule has 1 aliphatic rings. The third-order valence-electron chi connectivity index (χ3n) is 2.83. The molecule has 0 bridgehead atoms. The van der Waals surface area contributed by atoms with Crippen LogP contribution < -0.4 is 4.74 Å². The van der Waals surface area contributed by atoms with E-state index in [2.05, 4.69) is 9.97 Å². The van der Waals surface area contributed by atoms with E-state index in [0.29, 0.717) is 18.1 Å². The fourth-order valence-corrected chi connectivity index (χ4v) is 1.99. The van der Waals surface area contributed by atoms with Crippen LogP contribution in [0.5, 0.6) is 5.88 Å². The zero-order valence-corrected chi connectivity index (χ0v) is 10.7. The Hall–Kier alpha value is -1.37. The Morgan fingerprint density at radius 1 is 1.26 bits per heavy atom. The molecule has 0 unspecified atom stereocenters. The summed E-state index contributed by atoms with van der Waals surface area (Å²) in [6, 6.07) is 1.66. The summed E-state index contributed by atoms with van der Waals surface area (Å²) in [5.41, 5.74) is 0.757. The van der Waals surface area contributed by atoms with Gasteiger partial charge in [-0.25, -0.2) is 4.98 Å². The quantitative estimate of drug-likeness (QED) is 0.832. The Bertz CT molecular complexity index is 423. The van der Waals surface area contributed by atoms with E-state index in [4.69, 9.17) is 9.47 Å². The topological polar surface area (TPSA) is 44.2 Å². The maximum atomic E-state index is 12.4. The van der Waals surface area contributed by atoms with Gasteiger partial charge < -0.3 is 9.47 Å². The second kappa shape index (κ2) is 5.32. The molecule has 0 spiro atoms. The van der Waals surface area contributed by atoms with Crippen molar-refractivity contribution >= 4 is 0 Å². The van der Waals surface area contributed by atoms with Crippen LogP contribution in [0.25, 0.3) is 0 Å². The second-order valence-electron chi connectivity index (χ2n) is 4.58. The zero-order chi connectivity index (χ0) is 14.0. The maximum Gasteiger partial charge on any atom is 0.414 e. The van der Waals surface area contributed by atoms with Crippen LogP contribution in [-0.2, 0) is 4.74 Å². The Morgan fingerprint density at radius 2 is 2.00 bits per heavy atom. The van der Waals surface area contributed by atoms with E-state index < -0.39 is 18.4 Å². The summed E-state index contributed by atoms with van der Waals surface area (Å²) in [5.74, 6) is 0.948. The van der Waals surface area contributed by atoms with Gasteiger partial charge in [-0.2, -0.15) is 18.2 Å². The summed E-state index contributed by atoms with van der Waals surface area (Å²) in [5, 5.41) is 0. The monoisotopic (exact) mass is 276 g/mol. The first-order valence-corrected chi connectivity index (χ1v) is 6.02. The fraction of sp³-hybridized carbons (Fsp3) is 0.667. The van der Waals surface area contributed by atoms with Crippen molar-refractivity contribution in [2.75, 3.05) is 6.61 Å². The average Bonchev–Trinajstić information content (AvgIpc) is 2.26. The molecule has 106 valence electrons. The predicted molar refractivity (Wildman–Crippen MR) is 61.0 cm³/mol. The lowest BCUT2D eigenvalue weighted by atomic mass is 10.1. The molecule has 2 atom stereocenters. The van der Waals surface area contributed by atoms with Gasteiger partial charge in [-0.3, -0.25) is 0 Å². The molecule has 0 N–H and O–H groups in total. The summed E-state index contributed by atoms with van der Waals surface area (Å²) >= 11 is 0. The number of aryl methyl sites for hydroxylation is 2. The first kappa shape index (κ1) is 14.0. The lowest BCUT2D eigenvalue weighted by Gasteiger charge is -2.30. The molecule has 1 aliphatic heterocycles. The molecular formula is C12H15F3N2O2. The van der Waals surface area contributed by atoms with Crippen molar-refractivity contribution in [3.05, 3.63) is 17.6 Å². The number of halogens is 3. The number of hydrogen-bond acceptors (Lipinski definition) is 4. The minimum Gasteiger partial charge on any atom is -0.472 e. The Kier molecular flexibility index (Phi) is 3.93. The Balaban J connectivity index is 1.92. The van der Waals surface area contributed by atoms with E-state index >= 15 is 0 Å². The molecule has 1 saturated heterocycles. The highest BCUT2D eigenvalue weighted by molar-refractivity contribution is 5.15. The highest BCUT2D eigenvalue weighted by Crippen LogP contribution is 2.30. The van der Waals surface area contributed by atoms with Gasteiger partial charge in [-0.1, -0.05) is 0 Å². The predicted octanol–water partition coefficient (Wildman–Crippen LogP) is 2.58. The summed E-state index contributed by atoms with van der Waals surface area (Å²) in [6.45, 7) is 3.46. The van der Waals surface area contributed by atoms with E-state index in [1.165, 1.54) is 0 Å². The normalized spacial score (nSPS) is 24.3. The minimum atomic E-state index is -4.30. The number of ether oxygens (including phenoxy) is 2. The van der Waals surface area contributed by atoms with E-state index in [9.17, 15) is 13.2 Å². The molecule has 0 radical (unpaired) electrons. The number of aromatic nitrogens is 2. The van der Waals surface area contributed by atoms with Gasteiger partial charge in [-0.05, 0) is 26.7 Å². The van der Waals surface area contributed by atoms with Gasteiger partial charge >= 0.3 is 6.18 Å². The molecular weight excluding hydrogens is 261 g/mol. The van der Waals surface area contributed by atoms with Crippen molar-refractivity contribution in [1.29, 1.82) is 0 Å². The van der Waals surface area contributed by atoms with E-state index in [-0.39, 0.29) is 13.0 Å². The molecule has 2 heterocycles. The summed E-state index contributed by atoms with van der Waals surface area (Å²) in [7, 11) is 0. The Labute approximate surface area is 109 Å². The molecule has 2 rings (SSSR count). The third kappa shape index (κ3) is 3.79. The molecule has 4 nitrogen and oxygen atoms in total. The van der Waals surface area contributed by atoms with Crippen molar-refractivity contribution in [1.82, 2.24) is 9.97 Å². The van der Waals surface area contributed by atoms with Crippen molar-refractivity contribution in [3.8, 4) is 5.88 Å². The van der Waals surface area contributed by atoms with Gasteiger partial charge in [0.1, 0.15) is 11.9 Å². The van der Waals surface area contributed by atoms with Gasteiger partial charge in [0.05, 0.1) is 6.61 Å². The lowest BCUT2D eigenvalue weighted by Crippen LogP contribution is -2.41. The van der Waals surface area contributed by atoms with Crippen LogP contribution in [0.15, 0.2) is 6.07 Å². The molecule has 1 aromatic rings. The Morgan fingerprint density at radius 3 is 2.53 bits per heavy atom. The van der Waals surface area contributed by atoms with E-state index in [1.807, 2.05) is 0 Å². The van der Waals surface area contributed by atoms with E-state index in [0.717, 1.165) is 5.69 Å². The van der Waals surface area contributed by atoms with E-state index in [1.54, 1.807) is 19.9 Å². The smallest absolute Gasteiger partial charge is 0.414 e. The minimum absolute atomic E-state index is 0.0771. The van der Waals surface area contributed by atoms with Crippen LogP contribution in [0.1, 0.15) is 24.4 Å². The number of hydrogen-bond donors (Lipinski definition) is 0. The van der Waals surface area contributed by atoms with Crippen molar-refractivity contribution in [3.63, 3.8) is 0 Å². The third-order valence-corrected chi connectivity index (χ3v) is 2.83. The average molecular weight is 276 g/mol.